The molecule has 0 aromatic carbocycles. The molecule has 8 heteroatoms. The number of amides is 2. The summed E-state index contributed by atoms with van der Waals surface area (Å²) < 4.78 is 9.82. The first kappa shape index (κ1) is 20.3. The van der Waals surface area contributed by atoms with E-state index in [1.165, 1.54) is 14.2 Å². The van der Waals surface area contributed by atoms with E-state index >= 15 is 0 Å². The van der Waals surface area contributed by atoms with E-state index in [4.69, 9.17) is 14.6 Å². The Morgan fingerprint density at radius 2 is 1.59 bits per heavy atom. The van der Waals surface area contributed by atoms with Crippen molar-refractivity contribution in [3.05, 3.63) is 0 Å². The van der Waals surface area contributed by atoms with Crippen molar-refractivity contribution < 1.29 is 29.0 Å². The standard InChI is InChI=1S/C14H26N2O6/c1-9(2)7-10(14(19)20)16-12(18)6-5-11(17)15-8-13(21-3)22-4/h9-10,13H,5-8H2,1-4H3,(H,15,17)(H,16,18)(H,19,20). The van der Waals surface area contributed by atoms with Crippen LogP contribution in [-0.4, -0.2) is 56.0 Å². The fourth-order valence-corrected chi connectivity index (χ4v) is 1.73. The van der Waals surface area contributed by atoms with Gasteiger partial charge in [-0.2, -0.15) is 0 Å². The molecule has 2 amide bonds. The van der Waals surface area contributed by atoms with Crippen LogP contribution in [0, 0.1) is 5.92 Å². The monoisotopic (exact) mass is 318 g/mol. The highest BCUT2D eigenvalue weighted by Gasteiger charge is 2.21. The molecule has 22 heavy (non-hydrogen) atoms. The normalized spacial score (nSPS) is 12.3. The molecule has 1 unspecified atom stereocenters. The van der Waals surface area contributed by atoms with Gasteiger partial charge in [-0.15, -0.1) is 0 Å². The van der Waals surface area contributed by atoms with Gasteiger partial charge >= 0.3 is 5.97 Å². The van der Waals surface area contributed by atoms with Gasteiger partial charge in [0.2, 0.25) is 11.8 Å². The van der Waals surface area contributed by atoms with E-state index in [1.54, 1.807) is 0 Å². The molecule has 0 aromatic rings. The third-order valence-electron chi connectivity index (χ3n) is 2.91. The minimum atomic E-state index is -1.07. The number of aliphatic carboxylic acids is 1. The topological polar surface area (TPSA) is 114 Å². The summed E-state index contributed by atoms with van der Waals surface area (Å²) >= 11 is 0. The maximum absolute atomic E-state index is 11.7. The van der Waals surface area contributed by atoms with Crippen LogP contribution >= 0.6 is 0 Å². The van der Waals surface area contributed by atoms with Crippen molar-refractivity contribution in [3.8, 4) is 0 Å². The van der Waals surface area contributed by atoms with Crippen molar-refractivity contribution in [2.75, 3.05) is 20.8 Å². The van der Waals surface area contributed by atoms with Crippen LogP contribution < -0.4 is 10.6 Å². The number of hydrogen-bond acceptors (Lipinski definition) is 5. The van der Waals surface area contributed by atoms with Gasteiger partial charge in [-0.1, -0.05) is 13.8 Å². The van der Waals surface area contributed by atoms with Crippen molar-refractivity contribution in [3.63, 3.8) is 0 Å². The van der Waals surface area contributed by atoms with Crippen molar-refractivity contribution >= 4 is 17.8 Å². The number of ether oxygens (including phenoxy) is 2. The van der Waals surface area contributed by atoms with Crippen LogP contribution in [0.15, 0.2) is 0 Å². The summed E-state index contributed by atoms with van der Waals surface area (Å²) in [6, 6.07) is -0.929. The molecule has 8 nitrogen and oxygen atoms in total. The first-order valence-electron chi connectivity index (χ1n) is 7.14. The van der Waals surface area contributed by atoms with E-state index in [0.717, 1.165) is 0 Å². The van der Waals surface area contributed by atoms with Gasteiger partial charge in [-0.05, 0) is 12.3 Å². The minimum Gasteiger partial charge on any atom is -0.480 e. The highest BCUT2D eigenvalue weighted by Crippen LogP contribution is 2.05. The van der Waals surface area contributed by atoms with Gasteiger partial charge in [0.25, 0.3) is 0 Å². The molecular weight excluding hydrogens is 292 g/mol. The molecule has 1 atom stereocenters. The number of carboxylic acid groups (broad SMARTS) is 1. The Kier molecular flexibility index (Phi) is 10.1. The Labute approximate surface area is 130 Å². The lowest BCUT2D eigenvalue weighted by Gasteiger charge is -2.16. The average molecular weight is 318 g/mol. The fraction of sp³-hybridized carbons (Fsp3) is 0.786. The molecule has 0 aliphatic heterocycles. The second-order valence-corrected chi connectivity index (χ2v) is 5.29. The average Bonchev–Trinajstić information content (AvgIpc) is 2.44. The molecule has 0 saturated heterocycles. The Morgan fingerprint density at radius 3 is 2.05 bits per heavy atom. The molecule has 0 aliphatic rings. The Balaban J connectivity index is 4.10. The van der Waals surface area contributed by atoms with E-state index in [0.29, 0.717) is 6.42 Å². The zero-order valence-corrected chi connectivity index (χ0v) is 13.5. The van der Waals surface area contributed by atoms with E-state index in [-0.39, 0.29) is 31.2 Å². The lowest BCUT2D eigenvalue weighted by Crippen LogP contribution is -2.42. The molecule has 0 heterocycles. The van der Waals surface area contributed by atoms with Gasteiger partial charge in [0, 0.05) is 27.1 Å². The smallest absolute Gasteiger partial charge is 0.326 e. The molecule has 128 valence electrons. The molecule has 0 spiro atoms. The van der Waals surface area contributed by atoms with E-state index < -0.39 is 24.2 Å². The predicted molar refractivity (Wildman–Crippen MR) is 79.1 cm³/mol. The molecule has 0 radical (unpaired) electrons. The summed E-state index contributed by atoms with van der Waals surface area (Å²) in [5.41, 5.74) is 0. The Morgan fingerprint density at radius 1 is 1.05 bits per heavy atom. The van der Waals surface area contributed by atoms with Crippen LogP contribution in [-0.2, 0) is 23.9 Å². The van der Waals surface area contributed by atoms with Gasteiger partial charge < -0.3 is 25.2 Å². The molecule has 0 aliphatic carbocycles. The molecule has 0 aromatic heterocycles. The lowest BCUT2D eigenvalue weighted by molar-refractivity contribution is -0.142. The zero-order valence-electron chi connectivity index (χ0n) is 13.5. The largest absolute Gasteiger partial charge is 0.480 e. The van der Waals surface area contributed by atoms with Crippen LogP contribution in [0.2, 0.25) is 0 Å². The van der Waals surface area contributed by atoms with Gasteiger partial charge in [0.15, 0.2) is 6.29 Å². The van der Waals surface area contributed by atoms with E-state index in [2.05, 4.69) is 10.6 Å². The Hall–Kier alpha value is -1.67. The lowest BCUT2D eigenvalue weighted by atomic mass is 10.0. The van der Waals surface area contributed by atoms with Gasteiger partial charge in [0.1, 0.15) is 6.04 Å². The number of methoxy groups -OCH3 is 2. The van der Waals surface area contributed by atoms with Gasteiger partial charge in [-0.3, -0.25) is 9.59 Å². The molecule has 0 fully saturated rings. The van der Waals surface area contributed by atoms with Crippen LogP contribution in [0.1, 0.15) is 33.1 Å². The molecule has 0 saturated carbocycles. The van der Waals surface area contributed by atoms with Crippen LogP contribution in [0.5, 0.6) is 0 Å². The highest BCUT2D eigenvalue weighted by atomic mass is 16.7. The first-order valence-corrected chi connectivity index (χ1v) is 7.14. The SMILES string of the molecule is COC(CNC(=O)CCC(=O)NC(CC(C)C)C(=O)O)OC. The summed E-state index contributed by atoms with van der Waals surface area (Å²) in [5.74, 6) is -1.72. The Bertz CT molecular complexity index is 368. The number of carbonyl (C=O) groups is 3. The van der Waals surface area contributed by atoms with Crippen molar-refractivity contribution in [1.29, 1.82) is 0 Å². The van der Waals surface area contributed by atoms with Crippen molar-refractivity contribution in [2.45, 2.75) is 45.4 Å². The summed E-state index contributed by atoms with van der Waals surface area (Å²) in [4.78, 5) is 34.3. The number of rotatable bonds is 11. The number of hydrogen-bond donors (Lipinski definition) is 3. The van der Waals surface area contributed by atoms with E-state index in [1.807, 2.05) is 13.8 Å². The number of carbonyl (C=O) groups excluding carboxylic acids is 2. The van der Waals surface area contributed by atoms with Crippen molar-refractivity contribution in [1.82, 2.24) is 10.6 Å². The summed E-state index contributed by atoms with van der Waals surface area (Å²) in [6.45, 7) is 3.92. The van der Waals surface area contributed by atoms with Crippen LogP contribution in [0.3, 0.4) is 0 Å². The first-order chi connectivity index (χ1) is 10.3. The molecule has 0 bridgehead atoms. The number of nitrogens with one attached hydrogen (secondary N) is 2. The van der Waals surface area contributed by atoms with Gasteiger partial charge in [-0.25, -0.2) is 4.79 Å². The maximum Gasteiger partial charge on any atom is 0.326 e. The third-order valence-corrected chi connectivity index (χ3v) is 2.91. The summed E-state index contributed by atoms with van der Waals surface area (Å²) in [6.07, 6.45) is -0.296. The van der Waals surface area contributed by atoms with E-state index in [9.17, 15) is 14.4 Å². The summed E-state index contributed by atoms with van der Waals surface area (Å²) in [7, 11) is 2.91. The predicted octanol–water partition coefficient (Wildman–Crippen LogP) is 0.117. The molecule has 0 rings (SSSR count). The van der Waals surface area contributed by atoms with Crippen LogP contribution in [0.4, 0.5) is 0 Å². The zero-order chi connectivity index (χ0) is 17.1. The quantitative estimate of drug-likeness (QED) is 0.466. The highest BCUT2D eigenvalue weighted by molar-refractivity contribution is 5.86. The number of carboxylic acids is 1. The van der Waals surface area contributed by atoms with Gasteiger partial charge in [0.05, 0.1) is 6.54 Å². The second-order valence-electron chi connectivity index (χ2n) is 5.29. The third kappa shape index (κ3) is 9.30. The maximum atomic E-state index is 11.7. The minimum absolute atomic E-state index is 0.0278. The fourth-order valence-electron chi connectivity index (χ4n) is 1.73. The summed E-state index contributed by atoms with van der Waals surface area (Å²) in [5, 5.41) is 14.0. The van der Waals surface area contributed by atoms with Crippen LogP contribution in [0.25, 0.3) is 0 Å². The van der Waals surface area contributed by atoms with Crippen molar-refractivity contribution in [2.24, 2.45) is 5.92 Å². The molecular formula is C14H26N2O6. The molecule has 3 N–H and O–H groups in total. The second kappa shape index (κ2) is 11.0.